The van der Waals surface area contributed by atoms with Gasteiger partial charge >= 0.3 is 0 Å². The van der Waals surface area contributed by atoms with Crippen molar-refractivity contribution < 1.29 is 9.47 Å². The summed E-state index contributed by atoms with van der Waals surface area (Å²) in [5, 5.41) is 6.50. The molecule has 23 heavy (non-hydrogen) atoms. The fourth-order valence-electron chi connectivity index (χ4n) is 2.00. The highest BCUT2D eigenvalue weighted by molar-refractivity contribution is 5.79. The standard InChI is InChI=1S/C18H31N3O2/c1-3-19-18(21-13-15-22-4-2)20-12-8-9-14-23-16-17-10-6-5-7-11-17/h5-7,10-11H,3-4,8-9,12-16H2,1-2H3,(H2,19,20,21). The van der Waals surface area contributed by atoms with Gasteiger partial charge in [-0.15, -0.1) is 0 Å². The molecule has 0 amide bonds. The van der Waals surface area contributed by atoms with Crippen LogP contribution >= 0.6 is 0 Å². The molecule has 0 bridgehead atoms. The van der Waals surface area contributed by atoms with Gasteiger partial charge < -0.3 is 20.1 Å². The molecule has 0 spiro atoms. The van der Waals surface area contributed by atoms with E-state index in [1.807, 2.05) is 25.1 Å². The maximum absolute atomic E-state index is 5.67. The Balaban J connectivity index is 2.07. The maximum Gasteiger partial charge on any atom is 0.191 e. The summed E-state index contributed by atoms with van der Waals surface area (Å²) in [4.78, 5) is 4.55. The van der Waals surface area contributed by atoms with Crippen molar-refractivity contribution in [2.75, 3.05) is 39.5 Å². The lowest BCUT2D eigenvalue weighted by atomic mass is 10.2. The van der Waals surface area contributed by atoms with Crippen molar-refractivity contribution in [3.8, 4) is 0 Å². The van der Waals surface area contributed by atoms with Gasteiger partial charge in [-0.3, -0.25) is 4.99 Å². The van der Waals surface area contributed by atoms with E-state index in [2.05, 4.69) is 34.7 Å². The van der Waals surface area contributed by atoms with Crippen molar-refractivity contribution in [3.63, 3.8) is 0 Å². The third-order valence-electron chi connectivity index (χ3n) is 3.17. The SMILES string of the molecule is CCNC(=NCCCCOCc1ccccc1)NCCOCC. The Morgan fingerprint density at radius 3 is 2.57 bits per heavy atom. The van der Waals surface area contributed by atoms with Gasteiger partial charge in [-0.2, -0.15) is 0 Å². The van der Waals surface area contributed by atoms with Crippen LogP contribution in [0, 0.1) is 0 Å². The summed E-state index contributed by atoms with van der Waals surface area (Å²) >= 11 is 0. The third kappa shape index (κ3) is 10.7. The van der Waals surface area contributed by atoms with Gasteiger partial charge in [0.2, 0.25) is 0 Å². The number of rotatable bonds is 12. The van der Waals surface area contributed by atoms with Crippen molar-refractivity contribution in [2.24, 2.45) is 4.99 Å². The Kier molecular flexibility index (Phi) is 11.9. The molecule has 0 atom stereocenters. The summed E-state index contributed by atoms with van der Waals surface area (Å²) in [7, 11) is 0. The van der Waals surface area contributed by atoms with E-state index in [9.17, 15) is 0 Å². The molecular weight excluding hydrogens is 290 g/mol. The molecule has 0 saturated carbocycles. The van der Waals surface area contributed by atoms with Gasteiger partial charge in [0.15, 0.2) is 5.96 Å². The van der Waals surface area contributed by atoms with Crippen LogP contribution in [0.15, 0.2) is 35.3 Å². The second kappa shape index (κ2) is 14.0. The molecule has 5 nitrogen and oxygen atoms in total. The average molecular weight is 321 g/mol. The van der Waals surface area contributed by atoms with Crippen LogP contribution in [0.25, 0.3) is 0 Å². The monoisotopic (exact) mass is 321 g/mol. The summed E-state index contributed by atoms with van der Waals surface area (Å²) in [5.41, 5.74) is 1.22. The van der Waals surface area contributed by atoms with E-state index in [1.54, 1.807) is 0 Å². The molecule has 2 N–H and O–H groups in total. The average Bonchev–Trinajstić information content (AvgIpc) is 2.58. The molecule has 0 heterocycles. The highest BCUT2D eigenvalue weighted by atomic mass is 16.5. The van der Waals surface area contributed by atoms with E-state index >= 15 is 0 Å². The van der Waals surface area contributed by atoms with Crippen molar-refractivity contribution in [1.29, 1.82) is 0 Å². The van der Waals surface area contributed by atoms with Gasteiger partial charge in [0.1, 0.15) is 0 Å². The normalized spacial score (nSPS) is 11.5. The summed E-state index contributed by atoms with van der Waals surface area (Å²) in [5.74, 6) is 0.859. The van der Waals surface area contributed by atoms with E-state index in [-0.39, 0.29) is 0 Å². The molecule has 5 heteroatoms. The lowest BCUT2D eigenvalue weighted by Crippen LogP contribution is -2.39. The molecule has 0 aliphatic rings. The van der Waals surface area contributed by atoms with Crippen molar-refractivity contribution in [2.45, 2.75) is 33.3 Å². The number of guanidine groups is 1. The van der Waals surface area contributed by atoms with Crippen LogP contribution < -0.4 is 10.6 Å². The summed E-state index contributed by atoms with van der Waals surface area (Å²) in [6, 6.07) is 10.3. The topological polar surface area (TPSA) is 54.9 Å². The number of unbranched alkanes of at least 4 members (excludes halogenated alkanes) is 1. The quantitative estimate of drug-likeness (QED) is 0.353. The second-order valence-corrected chi connectivity index (χ2v) is 5.13. The second-order valence-electron chi connectivity index (χ2n) is 5.13. The molecule has 1 rings (SSSR count). The molecule has 0 aromatic heterocycles. The van der Waals surface area contributed by atoms with E-state index < -0.39 is 0 Å². The molecule has 0 radical (unpaired) electrons. The van der Waals surface area contributed by atoms with Crippen molar-refractivity contribution in [3.05, 3.63) is 35.9 Å². The summed E-state index contributed by atoms with van der Waals surface area (Å²) < 4.78 is 11.0. The zero-order valence-electron chi connectivity index (χ0n) is 14.5. The Hall–Kier alpha value is -1.59. The smallest absolute Gasteiger partial charge is 0.191 e. The number of ether oxygens (including phenoxy) is 2. The molecule has 1 aromatic carbocycles. The highest BCUT2D eigenvalue weighted by Gasteiger charge is 1.96. The molecule has 0 aliphatic carbocycles. The molecule has 1 aromatic rings. The maximum atomic E-state index is 5.67. The zero-order chi connectivity index (χ0) is 16.6. The number of nitrogens with zero attached hydrogens (tertiary/aromatic N) is 1. The van der Waals surface area contributed by atoms with Crippen LogP contribution in [0.5, 0.6) is 0 Å². The van der Waals surface area contributed by atoms with Crippen LogP contribution in [0.1, 0.15) is 32.3 Å². The largest absolute Gasteiger partial charge is 0.380 e. The highest BCUT2D eigenvalue weighted by Crippen LogP contribution is 2.01. The van der Waals surface area contributed by atoms with Gasteiger partial charge in [-0.05, 0) is 32.3 Å². The van der Waals surface area contributed by atoms with E-state index in [4.69, 9.17) is 9.47 Å². The minimum atomic E-state index is 0.686. The number of aliphatic imine (C=N–C) groups is 1. The molecule has 0 saturated heterocycles. The number of hydrogen-bond donors (Lipinski definition) is 2. The number of nitrogens with one attached hydrogen (secondary N) is 2. The number of benzene rings is 1. The molecule has 0 fully saturated rings. The predicted octanol–water partition coefficient (Wildman–Crippen LogP) is 2.58. The summed E-state index contributed by atoms with van der Waals surface area (Å²) in [6.45, 7) is 9.42. The van der Waals surface area contributed by atoms with Gasteiger partial charge in [0.05, 0.1) is 13.2 Å². The van der Waals surface area contributed by atoms with E-state index in [1.165, 1.54) is 5.56 Å². The Bertz CT molecular complexity index is 410. The molecule has 130 valence electrons. The van der Waals surface area contributed by atoms with Gasteiger partial charge in [-0.1, -0.05) is 30.3 Å². The fraction of sp³-hybridized carbons (Fsp3) is 0.611. The lowest BCUT2D eigenvalue weighted by molar-refractivity contribution is 0.117. The van der Waals surface area contributed by atoms with Crippen LogP contribution in [-0.4, -0.2) is 45.4 Å². The first-order valence-electron chi connectivity index (χ1n) is 8.58. The Morgan fingerprint density at radius 2 is 1.83 bits per heavy atom. The molecule has 0 unspecified atom stereocenters. The first-order valence-corrected chi connectivity index (χ1v) is 8.58. The number of hydrogen-bond acceptors (Lipinski definition) is 3. The predicted molar refractivity (Wildman–Crippen MR) is 95.8 cm³/mol. The van der Waals surface area contributed by atoms with E-state index in [0.29, 0.717) is 13.2 Å². The first kappa shape index (κ1) is 19.5. The van der Waals surface area contributed by atoms with Gasteiger partial charge in [0.25, 0.3) is 0 Å². The van der Waals surface area contributed by atoms with Crippen LogP contribution in [0.3, 0.4) is 0 Å². The Labute approximate surface area is 140 Å². The molecular formula is C18H31N3O2. The van der Waals surface area contributed by atoms with Crippen LogP contribution in [-0.2, 0) is 16.1 Å². The van der Waals surface area contributed by atoms with Gasteiger partial charge in [-0.25, -0.2) is 0 Å². The van der Waals surface area contributed by atoms with Crippen LogP contribution in [0.2, 0.25) is 0 Å². The fourth-order valence-corrected chi connectivity index (χ4v) is 2.00. The zero-order valence-corrected chi connectivity index (χ0v) is 14.5. The first-order chi connectivity index (χ1) is 11.4. The Morgan fingerprint density at radius 1 is 1.00 bits per heavy atom. The third-order valence-corrected chi connectivity index (χ3v) is 3.17. The van der Waals surface area contributed by atoms with Crippen molar-refractivity contribution in [1.82, 2.24) is 10.6 Å². The lowest BCUT2D eigenvalue weighted by Gasteiger charge is -2.11. The van der Waals surface area contributed by atoms with Crippen molar-refractivity contribution >= 4 is 5.96 Å². The van der Waals surface area contributed by atoms with Gasteiger partial charge in [0, 0.05) is 32.8 Å². The van der Waals surface area contributed by atoms with Crippen LogP contribution in [0.4, 0.5) is 0 Å². The van der Waals surface area contributed by atoms with E-state index in [0.717, 1.165) is 51.6 Å². The minimum Gasteiger partial charge on any atom is -0.380 e. The molecule has 0 aliphatic heterocycles. The summed E-state index contributed by atoms with van der Waals surface area (Å²) in [6.07, 6.45) is 2.05. The minimum absolute atomic E-state index is 0.686.